The van der Waals surface area contributed by atoms with Crippen LogP contribution in [0.1, 0.15) is 12.0 Å². The van der Waals surface area contributed by atoms with Crippen LogP contribution >= 0.6 is 0 Å². The fourth-order valence-electron chi connectivity index (χ4n) is 3.85. The molecule has 0 aliphatic carbocycles. The number of hydrogen-bond acceptors (Lipinski definition) is 5. The van der Waals surface area contributed by atoms with Crippen LogP contribution in [0.15, 0.2) is 30.3 Å². The van der Waals surface area contributed by atoms with Crippen LogP contribution in [0.3, 0.4) is 0 Å². The summed E-state index contributed by atoms with van der Waals surface area (Å²) in [5, 5.41) is 3.30. The summed E-state index contributed by atoms with van der Waals surface area (Å²) in [7, 11) is 2.20. The Morgan fingerprint density at radius 1 is 0.963 bits per heavy atom. The third kappa shape index (κ3) is 6.88. The first-order chi connectivity index (χ1) is 13.2. The maximum atomic E-state index is 12.3. The minimum absolute atomic E-state index is 0.321. The molecule has 150 valence electrons. The summed E-state index contributed by atoms with van der Waals surface area (Å²) in [6, 6.07) is 10.7. The van der Waals surface area contributed by atoms with Gasteiger partial charge in [0.2, 0.25) is 5.91 Å². The highest BCUT2D eigenvalue weighted by molar-refractivity contribution is 5.76. The number of rotatable bonds is 8. The van der Waals surface area contributed by atoms with E-state index in [0.29, 0.717) is 12.3 Å². The second kappa shape index (κ2) is 10.8. The highest BCUT2D eigenvalue weighted by Crippen LogP contribution is 2.06. The molecule has 2 aliphatic rings. The minimum atomic E-state index is 0.321. The standard InChI is InChI=1S/C21H35N5O/c1-23(19-20-5-3-2-4-6-20)13-14-25-17-15-24(16-18-25)10-7-21(27)26-11-8-22-9-12-26/h2-6,22H,7-19H2,1H3. The molecule has 27 heavy (non-hydrogen) atoms. The van der Waals surface area contributed by atoms with Gasteiger partial charge in [0.1, 0.15) is 0 Å². The van der Waals surface area contributed by atoms with Crippen LogP contribution in [0.25, 0.3) is 0 Å². The predicted octanol–water partition coefficient (Wildman–Crippen LogP) is 0.558. The molecule has 0 spiro atoms. The van der Waals surface area contributed by atoms with Gasteiger partial charge in [0, 0.05) is 85.0 Å². The average Bonchev–Trinajstić information content (AvgIpc) is 2.72. The summed E-state index contributed by atoms with van der Waals surface area (Å²) in [5.74, 6) is 0.321. The molecule has 3 rings (SSSR count). The van der Waals surface area contributed by atoms with Crippen molar-refractivity contribution in [1.29, 1.82) is 0 Å². The third-order valence-corrected chi connectivity index (χ3v) is 5.67. The molecule has 0 unspecified atom stereocenters. The molecule has 0 aromatic heterocycles. The summed E-state index contributed by atoms with van der Waals surface area (Å²) >= 11 is 0. The van der Waals surface area contributed by atoms with E-state index < -0.39 is 0 Å². The SMILES string of the molecule is CN(CCN1CCN(CCC(=O)N2CCNCC2)CC1)Cc1ccccc1. The van der Waals surface area contributed by atoms with Crippen molar-refractivity contribution in [2.45, 2.75) is 13.0 Å². The molecule has 2 saturated heterocycles. The topological polar surface area (TPSA) is 42.1 Å². The molecule has 0 bridgehead atoms. The van der Waals surface area contributed by atoms with E-state index in [1.807, 2.05) is 4.90 Å². The van der Waals surface area contributed by atoms with Gasteiger partial charge in [0.25, 0.3) is 0 Å². The van der Waals surface area contributed by atoms with E-state index in [1.165, 1.54) is 5.56 Å². The van der Waals surface area contributed by atoms with Gasteiger partial charge < -0.3 is 20.0 Å². The number of amides is 1. The van der Waals surface area contributed by atoms with Crippen LogP contribution < -0.4 is 5.32 Å². The third-order valence-electron chi connectivity index (χ3n) is 5.67. The number of carbonyl (C=O) groups excluding carboxylic acids is 1. The first kappa shape index (κ1) is 20.3. The minimum Gasteiger partial charge on any atom is -0.340 e. The Bertz CT molecular complexity index is 553. The van der Waals surface area contributed by atoms with Gasteiger partial charge in [0.05, 0.1) is 0 Å². The summed E-state index contributed by atoms with van der Waals surface area (Å²) in [6.45, 7) is 12.1. The number of piperazine rings is 2. The van der Waals surface area contributed by atoms with Crippen LogP contribution in [-0.4, -0.2) is 105 Å². The number of benzene rings is 1. The molecule has 1 aromatic carbocycles. The Morgan fingerprint density at radius 3 is 2.26 bits per heavy atom. The maximum absolute atomic E-state index is 12.3. The van der Waals surface area contributed by atoms with Crippen molar-refractivity contribution >= 4 is 5.91 Å². The zero-order valence-electron chi connectivity index (χ0n) is 16.8. The lowest BCUT2D eigenvalue weighted by molar-refractivity contribution is -0.132. The summed E-state index contributed by atoms with van der Waals surface area (Å²) in [6.07, 6.45) is 0.666. The summed E-state index contributed by atoms with van der Waals surface area (Å²) in [4.78, 5) is 21.7. The van der Waals surface area contributed by atoms with E-state index in [-0.39, 0.29) is 0 Å². The summed E-state index contributed by atoms with van der Waals surface area (Å²) < 4.78 is 0. The van der Waals surface area contributed by atoms with Gasteiger partial charge in [-0.2, -0.15) is 0 Å². The van der Waals surface area contributed by atoms with Gasteiger partial charge in [-0.25, -0.2) is 0 Å². The number of carbonyl (C=O) groups is 1. The van der Waals surface area contributed by atoms with E-state index >= 15 is 0 Å². The molecule has 2 aliphatic heterocycles. The Labute approximate surface area is 164 Å². The van der Waals surface area contributed by atoms with E-state index in [2.05, 4.69) is 57.4 Å². The predicted molar refractivity (Wildman–Crippen MR) is 110 cm³/mol. The summed E-state index contributed by atoms with van der Waals surface area (Å²) in [5.41, 5.74) is 1.37. The van der Waals surface area contributed by atoms with E-state index in [1.54, 1.807) is 0 Å². The molecule has 1 aromatic rings. The smallest absolute Gasteiger partial charge is 0.223 e. The zero-order chi connectivity index (χ0) is 18.9. The molecule has 0 saturated carbocycles. The largest absolute Gasteiger partial charge is 0.340 e. The lowest BCUT2D eigenvalue weighted by atomic mass is 10.2. The highest BCUT2D eigenvalue weighted by Gasteiger charge is 2.20. The van der Waals surface area contributed by atoms with Gasteiger partial charge in [0.15, 0.2) is 0 Å². The molecule has 1 amide bonds. The lowest BCUT2D eigenvalue weighted by Crippen LogP contribution is -2.50. The maximum Gasteiger partial charge on any atom is 0.223 e. The zero-order valence-corrected chi connectivity index (χ0v) is 16.8. The molecule has 2 fully saturated rings. The van der Waals surface area contributed by atoms with Crippen molar-refractivity contribution in [1.82, 2.24) is 24.9 Å². The Kier molecular flexibility index (Phi) is 8.08. The molecule has 6 heteroatoms. The molecule has 1 N–H and O–H groups in total. The van der Waals surface area contributed by atoms with Crippen molar-refractivity contribution in [2.24, 2.45) is 0 Å². The second-order valence-corrected chi connectivity index (χ2v) is 7.79. The average molecular weight is 374 g/mol. The fourth-order valence-corrected chi connectivity index (χ4v) is 3.85. The van der Waals surface area contributed by atoms with E-state index in [0.717, 1.165) is 78.5 Å². The second-order valence-electron chi connectivity index (χ2n) is 7.79. The van der Waals surface area contributed by atoms with E-state index in [4.69, 9.17) is 0 Å². The van der Waals surface area contributed by atoms with Crippen molar-refractivity contribution in [3.8, 4) is 0 Å². The normalized spacial score (nSPS) is 19.6. The molecular formula is C21H35N5O. The lowest BCUT2D eigenvalue weighted by Gasteiger charge is -2.36. The van der Waals surface area contributed by atoms with Gasteiger partial charge in [-0.15, -0.1) is 0 Å². The Balaban J connectivity index is 1.28. The molecule has 6 nitrogen and oxygen atoms in total. The number of nitrogens with zero attached hydrogens (tertiary/aromatic N) is 4. The molecule has 0 atom stereocenters. The Hall–Kier alpha value is -1.47. The van der Waals surface area contributed by atoms with E-state index in [9.17, 15) is 4.79 Å². The van der Waals surface area contributed by atoms with Crippen molar-refractivity contribution in [3.05, 3.63) is 35.9 Å². The monoisotopic (exact) mass is 373 g/mol. The first-order valence-corrected chi connectivity index (χ1v) is 10.4. The highest BCUT2D eigenvalue weighted by atomic mass is 16.2. The first-order valence-electron chi connectivity index (χ1n) is 10.4. The fraction of sp³-hybridized carbons (Fsp3) is 0.667. The van der Waals surface area contributed by atoms with Gasteiger partial charge in [-0.1, -0.05) is 30.3 Å². The molecule has 0 radical (unpaired) electrons. The number of likely N-dealkylation sites (N-methyl/N-ethyl adjacent to an activating group) is 1. The van der Waals surface area contributed by atoms with Crippen LogP contribution in [0.2, 0.25) is 0 Å². The van der Waals surface area contributed by atoms with Gasteiger partial charge in [-0.05, 0) is 12.6 Å². The van der Waals surface area contributed by atoms with Crippen LogP contribution in [0.4, 0.5) is 0 Å². The number of nitrogens with one attached hydrogen (secondary N) is 1. The van der Waals surface area contributed by atoms with Crippen LogP contribution in [0, 0.1) is 0 Å². The van der Waals surface area contributed by atoms with Crippen molar-refractivity contribution < 1.29 is 4.79 Å². The Morgan fingerprint density at radius 2 is 1.59 bits per heavy atom. The van der Waals surface area contributed by atoms with Crippen LogP contribution in [0.5, 0.6) is 0 Å². The molecular weight excluding hydrogens is 338 g/mol. The van der Waals surface area contributed by atoms with Gasteiger partial charge >= 0.3 is 0 Å². The quantitative estimate of drug-likeness (QED) is 0.721. The van der Waals surface area contributed by atoms with Crippen molar-refractivity contribution in [2.75, 3.05) is 79.0 Å². The van der Waals surface area contributed by atoms with Gasteiger partial charge in [-0.3, -0.25) is 9.69 Å². The number of hydrogen-bond donors (Lipinski definition) is 1. The van der Waals surface area contributed by atoms with Crippen molar-refractivity contribution in [3.63, 3.8) is 0 Å². The molecule has 2 heterocycles. The van der Waals surface area contributed by atoms with Crippen LogP contribution in [-0.2, 0) is 11.3 Å².